The van der Waals surface area contributed by atoms with E-state index < -0.39 is 6.04 Å². The number of nitrogens with zero attached hydrogens (tertiary/aromatic N) is 2. The number of halogens is 2. The number of fused-ring (bicyclic) bond motifs is 1. The Morgan fingerprint density at radius 1 is 1.10 bits per heavy atom. The Bertz CT molecular complexity index is 788. The Balaban J connectivity index is 2.21. The van der Waals surface area contributed by atoms with Gasteiger partial charge in [0.2, 0.25) is 0 Å². The van der Waals surface area contributed by atoms with E-state index in [4.69, 9.17) is 5.84 Å². The van der Waals surface area contributed by atoms with Crippen LogP contribution in [0.5, 0.6) is 0 Å². The molecule has 0 aliphatic rings. The topological polar surface area (TPSA) is 63.8 Å². The van der Waals surface area contributed by atoms with Crippen LogP contribution in [0.3, 0.4) is 0 Å². The lowest BCUT2D eigenvalue weighted by atomic mass is 9.97. The molecule has 1 heterocycles. The first kappa shape index (κ1) is 14.1. The maximum absolute atomic E-state index is 14.1. The van der Waals surface area contributed by atoms with Crippen molar-refractivity contribution in [2.24, 2.45) is 5.84 Å². The molecule has 106 valence electrons. The fourth-order valence-electron chi connectivity index (χ4n) is 2.33. The number of aromatic nitrogens is 2. The minimum atomic E-state index is -0.511. The molecule has 2 aromatic carbocycles. The molecular weight excluding hydrogens is 335 g/mol. The number of nitrogens with two attached hydrogens (primary N) is 1. The first-order valence-electron chi connectivity index (χ1n) is 6.31. The predicted molar refractivity (Wildman–Crippen MR) is 82.8 cm³/mol. The summed E-state index contributed by atoms with van der Waals surface area (Å²) in [5.41, 5.74) is 5.33. The van der Waals surface area contributed by atoms with Crippen LogP contribution in [0.2, 0.25) is 0 Å². The number of hydrazine groups is 1. The number of para-hydroxylation sites is 1. The fraction of sp³-hybridized carbons (Fsp3) is 0.0667. The van der Waals surface area contributed by atoms with Gasteiger partial charge in [0.25, 0.3) is 0 Å². The summed E-state index contributed by atoms with van der Waals surface area (Å²) in [5, 5.41) is 0. The summed E-state index contributed by atoms with van der Waals surface area (Å²) in [6.45, 7) is 0. The summed E-state index contributed by atoms with van der Waals surface area (Å²) < 4.78 is 14.9. The summed E-state index contributed by atoms with van der Waals surface area (Å²) in [7, 11) is 0. The number of nitrogens with one attached hydrogen (secondary N) is 1. The van der Waals surface area contributed by atoms with E-state index in [-0.39, 0.29) is 5.82 Å². The lowest BCUT2D eigenvalue weighted by molar-refractivity contribution is 0.561. The molecule has 6 heteroatoms. The summed E-state index contributed by atoms with van der Waals surface area (Å²) >= 11 is 3.35. The van der Waals surface area contributed by atoms with Gasteiger partial charge in [-0.05, 0) is 24.3 Å². The Hall–Kier alpha value is -1.89. The van der Waals surface area contributed by atoms with Crippen LogP contribution >= 0.6 is 15.9 Å². The molecule has 21 heavy (non-hydrogen) atoms. The van der Waals surface area contributed by atoms with Gasteiger partial charge in [0.05, 0.1) is 17.1 Å². The van der Waals surface area contributed by atoms with Gasteiger partial charge < -0.3 is 0 Å². The van der Waals surface area contributed by atoms with Crippen molar-refractivity contribution in [2.75, 3.05) is 0 Å². The highest BCUT2D eigenvalue weighted by Gasteiger charge is 2.20. The highest BCUT2D eigenvalue weighted by molar-refractivity contribution is 9.10. The van der Waals surface area contributed by atoms with Crippen LogP contribution in [-0.4, -0.2) is 9.97 Å². The Morgan fingerprint density at radius 3 is 2.71 bits per heavy atom. The first-order chi connectivity index (χ1) is 10.2. The SMILES string of the molecule is NNC(c1cc(Br)ccc1F)c1cccc2nccnc12. The first-order valence-corrected chi connectivity index (χ1v) is 7.10. The molecule has 0 bridgehead atoms. The zero-order chi connectivity index (χ0) is 14.8. The van der Waals surface area contributed by atoms with E-state index in [0.717, 1.165) is 15.6 Å². The molecule has 3 aromatic rings. The van der Waals surface area contributed by atoms with Gasteiger partial charge in [0, 0.05) is 28.0 Å². The predicted octanol–water partition coefficient (Wildman–Crippen LogP) is 3.08. The van der Waals surface area contributed by atoms with E-state index in [2.05, 4.69) is 31.3 Å². The van der Waals surface area contributed by atoms with Gasteiger partial charge in [-0.2, -0.15) is 0 Å². The third-order valence-electron chi connectivity index (χ3n) is 3.28. The van der Waals surface area contributed by atoms with E-state index in [1.54, 1.807) is 24.5 Å². The standard InChI is InChI=1S/C15H12BrFN4/c16-9-4-5-12(17)11(8-9)14(21-18)10-2-1-3-13-15(10)20-7-6-19-13/h1-8,14,21H,18H2. The van der Waals surface area contributed by atoms with Crippen LogP contribution in [0.1, 0.15) is 17.2 Å². The number of rotatable bonds is 3. The Morgan fingerprint density at radius 2 is 1.90 bits per heavy atom. The quantitative estimate of drug-likeness (QED) is 0.565. The van der Waals surface area contributed by atoms with Crippen LogP contribution < -0.4 is 11.3 Å². The van der Waals surface area contributed by atoms with Crippen molar-refractivity contribution in [3.05, 3.63) is 70.2 Å². The minimum absolute atomic E-state index is 0.331. The normalized spacial score (nSPS) is 12.5. The molecule has 0 aliphatic heterocycles. The molecule has 0 amide bonds. The van der Waals surface area contributed by atoms with E-state index in [1.807, 2.05) is 18.2 Å². The van der Waals surface area contributed by atoms with E-state index in [9.17, 15) is 4.39 Å². The third-order valence-corrected chi connectivity index (χ3v) is 3.77. The lowest BCUT2D eigenvalue weighted by Crippen LogP contribution is -2.29. The Kier molecular flexibility index (Phi) is 3.92. The zero-order valence-corrected chi connectivity index (χ0v) is 12.5. The van der Waals surface area contributed by atoms with E-state index >= 15 is 0 Å². The molecule has 1 unspecified atom stereocenters. The summed E-state index contributed by atoms with van der Waals surface area (Å²) in [4.78, 5) is 8.59. The van der Waals surface area contributed by atoms with Gasteiger partial charge in [0.15, 0.2) is 0 Å². The van der Waals surface area contributed by atoms with Crippen LogP contribution in [0.25, 0.3) is 11.0 Å². The summed E-state index contributed by atoms with van der Waals surface area (Å²) in [6.07, 6.45) is 3.23. The minimum Gasteiger partial charge on any atom is -0.271 e. The largest absolute Gasteiger partial charge is 0.271 e. The molecule has 1 aromatic heterocycles. The molecule has 0 saturated heterocycles. The van der Waals surface area contributed by atoms with E-state index in [1.165, 1.54) is 6.07 Å². The molecule has 4 nitrogen and oxygen atoms in total. The molecule has 0 fully saturated rings. The fourth-order valence-corrected chi connectivity index (χ4v) is 2.71. The number of hydrogen-bond acceptors (Lipinski definition) is 4. The van der Waals surface area contributed by atoms with Gasteiger partial charge in [0.1, 0.15) is 5.82 Å². The lowest BCUT2D eigenvalue weighted by Gasteiger charge is -2.19. The maximum Gasteiger partial charge on any atom is 0.128 e. The highest BCUT2D eigenvalue weighted by atomic mass is 79.9. The monoisotopic (exact) mass is 346 g/mol. The number of hydrogen-bond donors (Lipinski definition) is 2. The van der Waals surface area contributed by atoms with Crippen molar-refractivity contribution in [2.45, 2.75) is 6.04 Å². The molecule has 0 saturated carbocycles. The van der Waals surface area contributed by atoms with Crippen LogP contribution in [-0.2, 0) is 0 Å². The number of benzene rings is 2. The zero-order valence-electron chi connectivity index (χ0n) is 10.9. The second-order valence-corrected chi connectivity index (χ2v) is 5.45. The second kappa shape index (κ2) is 5.85. The van der Waals surface area contributed by atoms with Crippen molar-refractivity contribution in [3.63, 3.8) is 0 Å². The molecule has 0 radical (unpaired) electrons. The second-order valence-electron chi connectivity index (χ2n) is 4.54. The van der Waals surface area contributed by atoms with Crippen molar-refractivity contribution < 1.29 is 4.39 Å². The Labute approximate surface area is 129 Å². The van der Waals surface area contributed by atoms with Gasteiger partial charge in [-0.3, -0.25) is 15.8 Å². The summed E-state index contributed by atoms with van der Waals surface area (Å²) in [6, 6.07) is 9.82. The smallest absolute Gasteiger partial charge is 0.128 e. The highest BCUT2D eigenvalue weighted by Crippen LogP contribution is 2.29. The van der Waals surface area contributed by atoms with Crippen LogP contribution in [0.4, 0.5) is 4.39 Å². The van der Waals surface area contributed by atoms with Gasteiger partial charge in [-0.15, -0.1) is 0 Å². The van der Waals surface area contributed by atoms with Gasteiger partial charge >= 0.3 is 0 Å². The molecule has 3 rings (SSSR count). The van der Waals surface area contributed by atoms with Gasteiger partial charge in [-0.25, -0.2) is 9.82 Å². The third kappa shape index (κ3) is 2.65. The van der Waals surface area contributed by atoms with E-state index in [0.29, 0.717) is 11.1 Å². The molecule has 1 atom stereocenters. The molecular formula is C15H12BrFN4. The van der Waals surface area contributed by atoms with Crippen molar-refractivity contribution in [1.29, 1.82) is 0 Å². The van der Waals surface area contributed by atoms with Crippen molar-refractivity contribution in [3.8, 4) is 0 Å². The average Bonchev–Trinajstić information content (AvgIpc) is 2.51. The summed E-state index contributed by atoms with van der Waals surface area (Å²) in [5.74, 6) is 5.34. The average molecular weight is 347 g/mol. The van der Waals surface area contributed by atoms with Crippen molar-refractivity contribution in [1.82, 2.24) is 15.4 Å². The van der Waals surface area contributed by atoms with Gasteiger partial charge in [-0.1, -0.05) is 28.1 Å². The molecule has 3 N–H and O–H groups in total. The maximum atomic E-state index is 14.1. The van der Waals surface area contributed by atoms with Crippen LogP contribution in [0, 0.1) is 5.82 Å². The molecule has 0 spiro atoms. The van der Waals surface area contributed by atoms with Crippen molar-refractivity contribution >= 4 is 27.0 Å². The van der Waals surface area contributed by atoms with Crippen LogP contribution in [0.15, 0.2) is 53.3 Å². The molecule has 0 aliphatic carbocycles.